The second-order valence-electron chi connectivity index (χ2n) is 4.14. The molecule has 0 aliphatic carbocycles. The van der Waals surface area contributed by atoms with Crippen molar-refractivity contribution in [2.24, 2.45) is 5.10 Å². The van der Waals surface area contributed by atoms with Gasteiger partial charge >= 0.3 is 0 Å². The predicted octanol–water partition coefficient (Wildman–Crippen LogP) is 1.44. The van der Waals surface area contributed by atoms with Crippen LogP contribution in [0, 0.1) is 0 Å². The van der Waals surface area contributed by atoms with E-state index in [9.17, 15) is 0 Å². The van der Waals surface area contributed by atoms with Crippen LogP contribution in [0.25, 0.3) is 0 Å². The van der Waals surface area contributed by atoms with Crippen molar-refractivity contribution in [1.82, 2.24) is 14.9 Å². The molecule has 1 heterocycles. The average Bonchev–Trinajstić information content (AvgIpc) is 2.88. The molecule has 0 saturated carbocycles. The fourth-order valence-electron chi connectivity index (χ4n) is 1.73. The molecule has 22 heavy (non-hydrogen) atoms. The first-order valence-corrected chi connectivity index (χ1v) is 6.40. The number of hydrogen-bond donors (Lipinski definition) is 2. The number of aryl methyl sites for hydroxylation is 1. The number of nitrogens with zero attached hydrogens (tertiary/aromatic N) is 4. The zero-order valence-corrected chi connectivity index (χ0v) is 13.4. The third-order valence-electron chi connectivity index (χ3n) is 2.89. The number of nitrogens with one attached hydrogen (secondary N) is 1. The van der Waals surface area contributed by atoms with E-state index in [1.54, 1.807) is 26.5 Å². The fourth-order valence-corrected chi connectivity index (χ4v) is 1.73. The molecule has 0 spiro atoms. The van der Waals surface area contributed by atoms with Crippen LogP contribution in [0.15, 0.2) is 23.3 Å². The zero-order chi connectivity index (χ0) is 15.2. The molecule has 9 heteroatoms. The minimum Gasteiger partial charge on any atom is -0.497 e. The Morgan fingerprint density at radius 3 is 2.68 bits per heavy atom. The summed E-state index contributed by atoms with van der Waals surface area (Å²) in [6, 6.07) is 5.44. The van der Waals surface area contributed by atoms with Crippen molar-refractivity contribution in [3.05, 3.63) is 29.6 Å². The van der Waals surface area contributed by atoms with Gasteiger partial charge in [-0.2, -0.15) is 5.10 Å². The molecule has 2 aromatic rings. The number of ether oxygens (including phenoxy) is 2. The summed E-state index contributed by atoms with van der Waals surface area (Å²) in [4.78, 5) is 0. The molecule has 0 bridgehead atoms. The number of hydrogen-bond acceptors (Lipinski definition) is 7. The highest BCUT2D eigenvalue weighted by Crippen LogP contribution is 2.23. The van der Waals surface area contributed by atoms with E-state index in [0.29, 0.717) is 29.7 Å². The van der Waals surface area contributed by atoms with Crippen molar-refractivity contribution in [2.75, 3.05) is 25.5 Å². The van der Waals surface area contributed by atoms with Gasteiger partial charge in [-0.3, -0.25) is 0 Å². The lowest BCUT2D eigenvalue weighted by atomic mass is 10.2. The molecule has 0 aliphatic heterocycles. The summed E-state index contributed by atoms with van der Waals surface area (Å²) >= 11 is 0. The minimum atomic E-state index is 0. The molecule has 120 valence electrons. The van der Waals surface area contributed by atoms with Crippen LogP contribution in [0.2, 0.25) is 0 Å². The number of hydrazone groups is 1. The standard InChI is InChI=1S/C13H18N6O2.ClH/c1-4-12-16-18-13(19(12)14)17-15-8-9-5-6-10(20-2)7-11(9)21-3;/h5-8H,4,14H2,1-3H3,(H,17,18);1H/b15-8+;. The van der Waals surface area contributed by atoms with Gasteiger partial charge in [-0.15, -0.1) is 22.6 Å². The van der Waals surface area contributed by atoms with Crippen molar-refractivity contribution in [3.8, 4) is 11.5 Å². The third kappa shape index (κ3) is 3.79. The number of halogens is 1. The maximum Gasteiger partial charge on any atom is 0.263 e. The number of anilines is 1. The lowest BCUT2D eigenvalue weighted by Gasteiger charge is -2.07. The highest BCUT2D eigenvalue weighted by Gasteiger charge is 2.06. The van der Waals surface area contributed by atoms with Crippen LogP contribution >= 0.6 is 12.4 Å². The first-order chi connectivity index (χ1) is 10.2. The Morgan fingerprint density at radius 2 is 2.09 bits per heavy atom. The van der Waals surface area contributed by atoms with E-state index in [-0.39, 0.29) is 12.4 Å². The van der Waals surface area contributed by atoms with Gasteiger partial charge in [-0.1, -0.05) is 6.92 Å². The van der Waals surface area contributed by atoms with Crippen molar-refractivity contribution < 1.29 is 9.47 Å². The van der Waals surface area contributed by atoms with Crippen LogP contribution in [0.4, 0.5) is 5.95 Å². The Labute approximate surface area is 134 Å². The number of methoxy groups -OCH3 is 2. The number of nitrogens with two attached hydrogens (primary N) is 1. The van der Waals surface area contributed by atoms with Crippen molar-refractivity contribution in [3.63, 3.8) is 0 Å². The molecule has 3 N–H and O–H groups in total. The summed E-state index contributed by atoms with van der Waals surface area (Å²) in [7, 11) is 3.19. The van der Waals surface area contributed by atoms with Gasteiger partial charge in [0.25, 0.3) is 5.95 Å². The van der Waals surface area contributed by atoms with Crippen LogP contribution in [0.3, 0.4) is 0 Å². The first kappa shape index (κ1) is 17.6. The van der Waals surface area contributed by atoms with E-state index in [2.05, 4.69) is 20.7 Å². The monoisotopic (exact) mass is 326 g/mol. The Balaban J connectivity index is 0.00000242. The second kappa shape index (κ2) is 8.08. The maximum absolute atomic E-state index is 5.80. The van der Waals surface area contributed by atoms with Crippen LogP contribution < -0.4 is 20.7 Å². The molecule has 2 rings (SSSR count). The molecular weight excluding hydrogens is 308 g/mol. The molecule has 0 unspecified atom stereocenters. The lowest BCUT2D eigenvalue weighted by molar-refractivity contribution is 0.394. The van der Waals surface area contributed by atoms with Crippen molar-refractivity contribution >= 4 is 24.6 Å². The number of aromatic nitrogens is 3. The Morgan fingerprint density at radius 1 is 1.32 bits per heavy atom. The largest absolute Gasteiger partial charge is 0.497 e. The highest BCUT2D eigenvalue weighted by molar-refractivity contribution is 5.85. The summed E-state index contributed by atoms with van der Waals surface area (Å²) in [5.74, 6) is 8.22. The highest BCUT2D eigenvalue weighted by atomic mass is 35.5. The van der Waals surface area contributed by atoms with E-state index in [1.807, 2.05) is 19.1 Å². The normalized spacial score (nSPS) is 10.3. The van der Waals surface area contributed by atoms with Gasteiger partial charge in [-0.25, -0.2) is 10.1 Å². The Hall–Kier alpha value is -2.48. The van der Waals surface area contributed by atoms with Gasteiger partial charge in [0.05, 0.1) is 20.4 Å². The fraction of sp³-hybridized carbons (Fsp3) is 0.308. The summed E-state index contributed by atoms with van der Waals surface area (Å²) in [5.41, 5.74) is 3.54. The van der Waals surface area contributed by atoms with E-state index in [1.165, 1.54) is 4.68 Å². The Bertz CT molecular complexity index is 643. The maximum atomic E-state index is 5.80. The van der Waals surface area contributed by atoms with Gasteiger partial charge in [0.15, 0.2) is 5.82 Å². The summed E-state index contributed by atoms with van der Waals surface area (Å²) in [6.45, 7) is 1.95. The van der Waals surface area contributed by atoms with E-state index >= 15 is 0 Å². The van der Waals surface area contributed by atoms with Crippen LogP contribution in [0.5, 0.6) is 11.5 Å². The molecule has 0 fully saturated rings. The van der Waals surface area contributed by atoms with Crippen LogP contribution in [-0.2, 0) is 6.42 Å². The first-order valence-electron chi connectivity index (χ1n) is 6.40. The average molecular weight is 327 g/mol. The van der Waals surface area contributed by atoms with Crippen molar-refractivity contribution in [2.45, 2.75) is 13.3 Å². The number of rotatable bonds is 6. The molecule has 0 atom stereocenters. The topological polar surface area (TPSA) is 99.6 Å². The molecule has 0 saturated heterocycles. The second-order valence-corrected chi connectivity index (χ2v) is 4.14. The lowest BCUT2D eigenvalue weighted by Crippen LogP contribution is -2.14. The van der Waals surface area contributed by atoms with Gasteiger partial charge in [-0.05, 0) is 12.1 Å². The van der Waals surface area contributed by atoms with E-state index < -0.39 is 0 Å². The molecule has 0 radical (unpaired) electrons. The molecular formula is C13H19ClN6O2. The summed E-state index contributed by atoms with van der Waals surface area (Å²) in [5, 5.41) is 11.9. The molecule has 1 aromatic carbocycles. The number of benzene rings is 1. The Kier molecular flexibility index (Phi) is 6.46. The summed E-state index contributed by atoms with van der Waals surface area (Å²) < 4.78 is 11.8. The SMILES string of the molecule is CCc1nnc(N/N=C/c2ccc(OC)cc2OC)n1N.Cl. The van der Waals surface area contributed by atoms with Crippen molar-refractivity contribution in [1.29, 1.82) is 0 Å². The smallest absolute Gasteiger partial charge is 0.263 e. The van der Waals surface area contributed by atoms with Gasteiger partial charge in [0.1, 0.15) is 11.5 Å². The third-order valence-corrected chi connectivity index (χ3v) is 2.89. The minimum absolute atomic E-state index is 0. The predicted molar refractivity (Wildman–Crippen MR) is 87.6 cm³/mol. The van der Waals surface area contributed by atoms with Gasteiger partial charge in [0.2, 0.25) is 0 Å². The van der Waals surface area contributed by atoms with E-state index in [0.717, 1.165) is 5.56 Å². The van der Waals surface area contributed by atoms with E-state index in [4.69, 9.17) is 15.3 Å². The van der Waals surface area contributed by atoms with Gasteiger partial charge < -0.3 is 15.3 Å². The molecule has 0 aliphatic rings. The molecule has 1 aromatic heterocycles. The van der Waals surface area contributed by atoms with Gasteiger partial charge in [0, 0.05) is 18.1 Å². The van der Waals surface area contributed by atoms with Crippen LogP contribution in [-0.4, -0.2) is 35.3 Å². The number of nitrogen functional groups attached to an aromatic ring is 1. The quantitative estimate of drug-likeness (QED) is 0.473. The summed E-state index contributed by atoms with van der Waals surface area (Å²) in [6.07, 6.45) is 2.31. The molecule has 0 amide bonds. The van der Waals surface area contributed by atoms with Crippen LogP contribution in [0.1, 0.15) is 18.3 Å². The zero-order valence-electron chi connectivity index (χ0n) is 12.6. The molecule has 8 nitrogen and oxygen atoms in total.